The van der Waals surface area contributed by atoms with Crippen LogP contribution < -0.4 is 4.80 Å². The molecule has 0 aliphatic carbocycles. The van der Waals surface area contributed by atoms with Gasteiger partial charge >= 0.3 is 6.03 Å². The number of rotatable bonds is 1. The van der Waals surface area contributed by atoms with Crippen LogP contribution >= 0.6 is 34.5 Å². The molecule has 21 heavy (non-hydrogen) atoms. The first-order chi connectivity index (χ1) is 10.1. The third-order valence-electron chi connectivity index (χ3n) is 3.28. The zero-order valence-corrected chi connectivity index (χ0v) is 13.5. The number of nitrogens with zero attached hydrogens (tertiary/aromatic N) is 3. The molecule has 2 heterocycles. The topological polar surface area (TPSA) is 37.6 Å². The van der Waals surface area contributed by atoms with Crippen molar-refractivity contribution < 1.29 is 4.79 Å². The average Bonchev–Trinajstić information content (AvgIpc) is 3.08. The lowest BCUT2D eigenvalue weighted by Crippen LogP contribution is -2.27. The summed E-state index contributed by atoms with van der Waals surface area (Å²) in [5.74, 6) is 0. The molecule has 0 unspecified atom stereocenters. The molecular formula is C14H13Cl2N3OS. The van der Waals surface area contributed by atoms with Gasteiger partial charge in [-0.2, -0.15) is 4.99 Å². The fourth-order valence-electron chi connectivity index (χ4n) is 2.29. The summed E-state index contributed by atoms with van der Waals surface area (Å²) in [6, 6.07) is 5.07. The number of urea groups is 1. The monoisotopic (exact) mass is 341 g/mol. The number of hydrogen-bond donors (Lipinski definition) is 0. The number of benzene rings is 1. The number of amides is 2. The molecule has 1 saturated heterocycles. The third kappa shape index (κ3) is 3.31. The highest BCUT2D eigenvalue weighted by Crippen LogP contribution is 2.21. The molecule has 0 atom stereocenters. The van der Waals surface area contributed by atoms with Crippen molar-refractivity contribution in [1.29, 1.82) is 0 Å². The van der Waals surface area contributed by atoms with Crippen LogP contribution in [0, 0.1) is 0 Å². The SMILES string of the molecule is O=C(N=c1sccn1-c1cc(Cl)cc(Cl)c1)N1CCCC1. The number of halogens is 2. The van der Waals surface area contributed by atoms with Crippen molar-refractivity contribution in [2.45, 2.75) is 12.8 Å². The van der Waals surface area contributed by atoms with Gasteiger partial charge in [-0.05, 0) is 31.0 Å². The highest BCUT2D eigenvalue weighted by atomic mass is 35.5. The van der Waals surface area contributed by atoms with Crippen molar-refractivity contribution in [3.05, 3.63) is 44.6 Å². The van der Waals surface area contributed by atoms with Gasteiger partial charge in [-0.15, -0.1) is 11.3 Å². The maximum absolute atomic E-state index is 12.1. The van der Waals surface area contributed by atoms with E-state index in [-0.39, 0.29) is 6.03 Å². The van der Waals surface area contributed by atoms with Crippen molar-refractivity contribution in [2.75, 3.05) is 13.1 Å². The molecule has 110 valence electrons. The molecule has 2 aromatic rings. The first-order valence-electron chi connectivity index (χ1n) is 6.60. The minimum atomic E-state index is -0.183. The quantitative estimate of drug-likeness (QED) is 0.773. The van der Waals surface area contributed by atoms with E-state index in [9.17, 15) is 4.79 Å². The predicted molar refractivity (Wildman–Crippen MR) is 85.4 cm³/mol. The number of hydrogen-bond acceptors (Lipinski definition) is 2. The van der Waals surface area contributed by atoms with E-state index in [4.69, 9.17) is 23.2 Å². The zero-order valence-electron chi connectivity index (χ0n) is 11.1. The second-order valence-electron chi connectivity index (χ2n) is 4.77. The Balaban J connectivity index is 1.98. The second kappa shape index (κ2) is 6.22. The Labute approximate surface area is 136 Å². The van der Waals surface area contributed by atoms with Crippen LogP contribution in [0.15, 0.2) is 34.8 Å². The number of aromatic nitrogens is 1. The minimum absolute atomic E-state index is 0.183. The number of carbonyl (C=O) groups excluding carboxylic acids is 1. The maximum Gasteiger partial charge on any atom is 0.346 e. The average molecular weight is 342 g/mol. The van der Waals surface area contributed by atoms with Gasteiger partial charge in [0.1, 0.15) is 0 Å². The Kier molecular flexibility index (Phi) is 4.33. The van der Waals surface area contributed by atoms with E-state index in [0.29, 0.717) is 14.8 Å². The maximum atomic E-state index is 12.1. The predicted octanol–water partition coefficient (Wildman–Crippen LogP) is 3.96. The summed E-state index contributed by atoms with van der Waals surface area (Å²) in [6.45, 7) is 1.58. The Hall–Kier alpha value is -1.30. The molecule has 0 saturated carbocycles. The molecule has 0 bridgehead atoms. The summed E-state index contributed by atoms with van der Waals surface area (Å²) in [5, 5.41) is 2.98. The molecule has 1 fully saturated rings. The molecule has 1 aliphatic heterocycles. The zero-order chi connectivity index (χ0) is 14.8. The van der Waals surface area contributed by atoms with Gasteiger partial charge in [0.15, 0.2) is 4.80 Å². The molecule has 1 aromatic heterocycles. The lowest BCUT2D eigenvalue weighted by molar-refractivity contribution is 0.218. The van der Waals surface area contributed by atoms with Gasteiger partial charge in [-0.1, -0.05) is 23.2 Å². The molecule has 0 N–H and O–H groups in total. The van der Waals surface area contributed by atoms with Crippen molar-refractivity contribution in [2.24, 2.45) is 4.99 Å². The summed E-state index contributed by atoms with van der Waals surface area (Å²) in [5.41, 5.74) is 0.793. The van der Waals surface area contributed by atoms with Crippen LogP contribution in [0.4, 0.5) is 4.79 Å². The van der Waals surface area contributed by atoms with E-state index >= 15 is 0 Å². The minimum Gasteiger partial charge on any atom is -0.323 e. The lowest BCUT2D eigenvalue weighted by Gasteiger charge is -2.10. The molecule has 7 heteroatoms. The first kappa shape index (κ1) is 14.6. The van der Waals surface area contributed by atoms with Crippen LogP contribution in [0.25, 0.3) is 5.69 Å². The van der Waals surface area contributed by atoms with Gasteiger partial charge in [0.25, 0.3) is 0 Å². The molecule has 0 spiro atoms. The summed E-state index contributed by atoms with van der Waals surface area (Å²) < 4.78 is 1.82. The first-order valence-corrected chi connectivity index (χ1v) is 8.23. The number of likely N-dealkylation sites (tertiary alicyclic amines) is 1. The van der Waals surface area contributed by atoms with Gasteiger partial charge in [-0.25, -0.2) is 4.79 Å². The standard InChI is InChI=1S/C14H13Cl2N3OS/c15-10-7-11(16)9-12(8-10)19-5-6-21-14(19)17-13(20)18-3-1-2-4-18/h5-9H,1-4H2. The normalized spacial score (nSPS) is 15.7. The number of carbonyl (C=O) groups is 1. The Morgan fingerprint density at radius 3 is 2.48 bits per heavy atom. The van der Waals surface area contributed by atoms with E-state index in [1.807, 2.05) is 16.1 Å². The van der Waals surface area contributed by atoms with Crippen molar-refractivity contribution in [3.63, 3.8) is 0 Å². The highest BCUT2D eigenvalue weighted by Gasteiger charge is 2.17. The number of thiazole rings is 1. The van der Waals surface area contributed by atoms with Crippen molar-refractivity contribution in [3.8, 4) is 5.69 Å². The van der Waals surface area contributed by atoms with Gasteiger partial charge in [-0.3, -0.25) is 4.57 Å². The molecule has 4 nitrogen and oxygen atoms in total. The molecule has 1 aliphatic rings. The van der Waals surface area contributed by atoms with Gasteiger partial charge in [0.2, 0.25) is 0 Å². The van der Waals surface area contributed by atoms with Crippen LogP contribution in [0.3, 0.4) is 0 Å². The third-order valence-corrected chi connectivity index (χ3v) is 4.48. The lowest BCUT2D eigenvalue weighted by atomic mass is 10.3. The van der Waals surface area contributed by atoms with E-state index < -0.39 is 0 Å². The summed E-state index contributed by atoms with van der Waals surface area (Å²) in [4.78, 5) is 18.7. The van der Waals surface area contributed by atoms with Crippen molar-refractivity contribution in [1.82, 2.24) is 9.47 Å². The van der Waals surface area contributed by atoms with E-state index in [2.05, 4.69) is 4.99 Å². The molecule has 0 radical (unpaired) electrons. The van der Waals surface area contributed by atoms with Gasteiger partial charge in [0.05, 0.1) is 5.69 Å². The molecule has 2 amide bonds. The molecule has 1 aromatic carbocycles. The second-order valence-corrected chi connectivity index (χ2v) is 6.52. The van der Waals surface area contributed by atoms with E-state index in [1.165, 1.54) is 11.3 Å². The van der Waals surface area contributed by atoms with E-state index in [0.717, 1.165) is 31.6 Å². The van der Waals surface area contributed by atoms with Gasteiger partial charge in [0, 0.05) is 34.7 Å². The van der Waals surface area contributed by atoms with Crippen molar-refractivity contribution >= 4 is 40.6 Å². The van der Waals surface area contributed by atoms with E-state index in [1.54, 1.807) is 23.1 Å². The Bertz CT molecular complexity index is 712. The fraction of sp³-hybridized carbons (Fsp3) is 0.286. The largest absolute Gasteiger partial charge is 0.346 e. The summed E-state index contributed by atoms with van der Waals surface area (Å²) in [7, 11) is 0. The highest BCUT2D eigenvalue weighted by molar-refractivity contribution is 7.07. The summed E-state index contributed by atoms with van der Waals surface area (Å²) >= 11 is 13.5. The van der Waals surface area contributed by atoms with Crippen LogP contribution in [0.2, 0.25) is 10.0 Å². The fourth-order valence-corrected chi connectivity index (χ4v) is 3.52. The van der Waals surface area contributed by atoms with Crippen LogP contribution in [0.1, 0.15) is 12.8 Å². The van der Waals surface area contributed by atoms with Gasteiger partial charge < -0.3 is 4.90 Å². The summed E-state index contributed by atoms with van der Waals surface area (Å²) in [6.07, 6.45) is 3.95. The van der Waals surface area contributed by atoms with Crippen LogP contribution in [-0.4, -0.2) is 28.6 Å². The Morgan fingerprint density at radius 1 is 1.14 bits per heavy atom. The molecule has 3 rings (SSSR count). The molecular weight excluding hydrogens is 329 g/mol. The Morgan fingerprint density at radius 2 is 1.81 bits per heavy atom. The van der Waals surface area contributed by atoms with Crippen LogP contribution in [-0.2, 0) is 0 Å². The smallest absolute Gasteiger partial charge is 0.323 e. The van der Waals surface area contributed by atoms with Crippen LogP contribution in [0.5, 0.6) is 0 Å².